The van der Waals surface area contributed by atoms with Gasteiger partial charge in [-0.2, -0.15) is 4.98 Å². The zero-order valence-electron chi connectivity index (χ0n) is 14.2. The number of hydrogen-bond acceptors (Lipinski definition) is 4. The molecule has 3 rings (SSSR count). The molecule has 0 radical (unpaired) electrons. The lowest BCUT2D eigenvalue weighted by Crippen LogP contribution is -2.41. The molecule has 9 nitrogen and oxygen atoms in total. The highest BCUT2D eigenvalue weighted by Crippen LogP contribution is 2.23. The zero-order valence-corrected chi connectivity index (χ0v) is 14.2. The van der Waals surface area contributed by atoms with E-state index < -0.39 is 23.8 Å². The van der Waals surface area contributed by atoms with Gasteiger partial charge in [0.1, 0.15) is 6.54 Å². The fourth-order valence-corrected chi connectivity index (χ4v) is 3.17. The van der Waals surface area contributed by atoms with E-state index in [9.17, 15) is 14.4 Å². The molecule has 0 amide bonds. The molecule has 0 aliphatic rings. The first-order valence-corrected chi connectivity index (χ1v) is 7.58. The van der Waals surface area contributed by atoms with Gasteiger partial charge in [0.15, 0.2) is 11.2 Å². The van der Waals surface area contributed by atoms with Gasteiger partial charge in [-0.1, -0.05) is 0 Å². The summed E-state index contributed by atoms with van der Waals surface area (Å²) in [6, 6.07) is 0.122. The summed E-state index contributed by atoms with van der Waals surface area (Å²) in [4.78, 5) is 40.6. The van der Waals surface area contributed by atoms with Crippen molar-refractivity contribution in [1.29, 1.82) is 0 Å². The topological polar surface area (TPSA) is 104 Å². The third-order valence-electron chi connectivity index (χ3n) is 4.37. The first-order chi connectivity index (χ1) is 11.2. The fourth-order valence-electron chi connectivity index (χ4n) is 3.17. The maximum Gasteiger partial charge on any atom is 0.333 e. The number of fused-ring (bicyclic) bond motifs is 3. The average Bonchev–Trinajstić information content (AvgIpc) is 2.98. The normalized spacial score (nSPS) is 11.9. The minimum absolute atomic E-state index is 0.122. The Balaban J connectivity index is 2.59. The standard InChI is InChI=1S/C15H19N5O4/c1-7(2)19-8(3)9(4)20-11-12(16-14(19)20)17(5)15(24)18(13(11)23)6-10(21)22/h7H,6H2,1-5H3,(H,21,22). The largest absolute Gasteiger partial charge is 0.480 e. The number of carboxylic acids is 1. The molecule has 0 aliphatic heterocycles. The van der Waals surface area contributed by atoms with Crippen LogP contribution >= 0.6 is 0 Å². The number of rotatable bonds is 3. The van der Waals surface area contributed by atoms with Crippen molar-refractivity contribution in [2.45, 2.75) is 40.3 Å². The summed E-state index contributed by atoms with van der Waals surface area (Å²) in [5.74, 6) is -0.683. The highest BCUT2D eigenvalue weighted by Gasteiger charge is 2.23. The molecule has 0 bridgehead atoms. The molecule has 9 heteroatoms. The van der Waals surface area contributed by atoms with Crippen LogP contribution in [0.2, 0.25) is 0 Å². The van der Waals surface area contributed by atoms with Crippen molar-refractivity contribution in [1.82, 2.24) is 23.1 Å². The predicted octanol–water partition coefficient (Wildman–Crippen LogP) is 0.432. The SMILES string of the molecule is Cc1c(C)n2c3c(=O)n(CC(=O)O)c(=O)n(C)c3nc2n1C(C)C. The van der Waals surface area contributed by atoms with E-state index in [0.717, 1.165) is 16.0 Å². The monoisotopic (exact) mass is 333 g/mol. The second-order valence-electron chi connectivity index (χ2n) is 6.18. The molecule has 0 saturated heterocycles. The predicted molar refractivity (Wildman–Crippen MR) is 87.7 cm³/mol. The number of hydrogen-bond donors (Lipinski definition) is 1. The number of carboxylic acid groups (broad SMARTS) is 1. The quantitative estimate of drug-likeness (QED) is 0.749. The minimum atomic E-state index is -1.25. The van der Waals surface area contributed by atoms with Crippen molar-refractivity contribution in [2.24, 2.45) is 7.05 Å². The molecule has 3 heterocycles. The van der Waals surface area contributed by atoms with E-state index in [1.54, 1.807) is 4.40 Å². The van der Waals surface area contributed by atoms with Gasteiger partial charge >= 0.3 is 11.7 Å². The Bertz CT molecular complexity index is 1110. The van der Waals surface area contributed by atoms with Gasteiger partial charge in [-0.15, -0.1) is 0 Å². The highest BCUT2D eigenvalue weighted by molar-refractivity contribution is 5.77. The van der Waals surface area contributed by atoms with Gasteiger partial charge in [0.05, 0.1) is 0 Å². The lowest BCUT2D eigenvalue weighted by molar-refractivity contribution is -0.137. The molecular formula is C15H19N5O4. The first-order valence-electron chi connectivity index (χ1n) is 7.58. The van der Waals surface area contributed by atoms with Crippen LogP contribution in [0.15, 0.2) is 9.59 Å². The summed E-state index contributed by atoms with van der Waals surface area (Å²) < 4.78 is 5.62. The van der Waals surface area contributed by atoms with Crippen LogP contribution in [0, 0.1) is 13.8 Å². The first kappa shape index (κ1) is 16.0. The van der Waals surface area contributed by atoms with Crippen LogP contribution in [-0.2, 0) is 18.4 Å². The van der Waals surface area contributed by atoms with E-state index in [0.29, 0.717) is 5.78 Å². The van der Waals surface area contributed by atoms with Crippen molar-refractivity contribution in [3.63, 3.8) is 0 Å². The van der Waals surface area contributed by atoms with Crippen molar-refractivity contribution >= 4 is 22.9 Å². The van der Waals surface area contributed by atoms with Crippen LogP contribution in [0.25, 0.3) is 16.9 Å². The second-order valence-corrected chi connectivity index (χ2v) is 6.18. The van der Waals surface area contributed by atoms with Gasteiger partial charge in [0, 0.05) is 24.5 Å². The third-order valence-corrected chi connectivity index (χ3v) is 4.37. The summed E-state index contributed by atoms with van der Waals surface area (Å²) >= 11 is 0. The molecule has 1 N–H and O–H groups in total. The number of carbonyl (C=O) groups is 1. The molecule has 128 valence electrons. The summed E-state index contributed by atoms with van der Waals surface area (Å²) in [5.41, 5.74) is 0.923. The molecule has 24 heavy (non-hydrogen) atoms. The maximum absolute atomic E-state index is 12.8. The van der Waals surface area contributed by atoms with E-state index in [1.165, 1.54) is 11.6 Å². The van der Waals surface area contributed by atoms with E-state index in [4.69, 9.17) is 5.11 Å². The summed E-state index contributed by atoms with van der Waals surface area (Å²) in [6.45, 7) is 7.14. The van der Waals surface area contributed by atoms with Gasteiger partial charge in [-0.3, -0.25) is 18.6 Å². The van der Waals surface area contributed by atoms with E-state index in [1.807, 2.05) is 32.3 Å². The van der Waals surface area contributed by atoms with Crippen LogP contribution < -0.4 is 11.2 Å². The van der Waals surface area contributed by atoms with Gasteiger partial charge in [0.25, 0.3) is 5.56 Å². The second kappa shape index (κ2) is 5.08. The molecule has 0 atom stereocenters. The Labute approximate surface area is 136 Å². The molecule has 3 aromatic rings. The van der Waals surface area contributed by atoms with Crippen LogP contribution in [0.1, 0.15) is 31.3 Å². The summed E-state index contributed by atoms with van der Waals surface area (Å²) in [6.07, 6.45) is 0. The Kier molecular flexibility index (Phi) is 3.40. The molecule has 0 spiro atoms. The molecule has 0 saturated carbocycles. The lowest BCUT2D eigenvalue weighted by Gasteiger charge is -2.09. The molecular weight excluding hydrogens is 314 g/mol. The smallest absolute Gasteiger partial charge is 0.333 e. The van der Waals surface area contributed by atoms with Gasteiger partial charge < -0.3 is 9.67 Å². The lowest BCUT2D eigenvalue weighted by atomic mass is 10.3. The Morgan fingerprint density at radius 2 is 1.83 bits per heavy atom. The number of aryl methyl sites for hydroxylation is 2. The van der Waals surface area contributed by atoms with Gasteiger partial charge in [-0.25, -0.2) is 9.36 Å². The Hall–Kier alpha value is -2.84. The van der Waals surface area contributed by atoms with Crippen molar-refractivity contribution < 1.29 is 9.90 Å². The third kappa shape index (κ3) is 1.93. The van der Waals surface area contributed by atoms with Crippen molar-refractivity contribution in [3.05, 3.63) is 32.2 Å². The fraction of sp³-hybridized carbons (Fsp3) is 0.467. The van der Waals surface area contributed by atoms with Crippen LogP contribution in [0.4, 0.5) is 0 Å². The summed E-state index contributed by atoms with van der Waals surface area (Å²) in [7, 11) is 1.48. The molecule has 0 aromatic carbocycles. The molecule has 0 fully saturated rings. The number of aromatic nitrogens is 5. The number of aliphatic carboxylic acids is 1. The number of nitrogens with zero attached hydrogens (tertiary/aromatic N) is 5. The minimum Gasteiger partial charge on any atom is -0.480 e. The van der Waals surface area contributed by atoms with E-state index >= 15 is 0 Å². The summed E-state index contributed by atoms with van der Waals surface area (Å²) in [5, 5.41) is 8.98. The highest BCUT2D eigenvalue weighted by atomic mass is 16.4. The van der Waals surface area contributed by atoms with Crippen molar-refractivity contribution in [3.8, 4) is 0 Å². The van der Waals surface area contributed by atoms with Gasteiger partial charge in [0.2, 0.25) is 5.78 Å². The molecule has 3 aromatic heterocycles. The van der Waals surface area contributed by atoms with Crippen LogP contribution in [0.5, 0.6) is 0 Å². The Morgan fingerprint density at radius 1 is 1.21 bits per heavy atom. The van der Waals surface area contributed by atoms with Crippen LogP contribution in [-0.4, -0.2) is 34.2 Å². The Morgan fingerprint density at radius 3 is 2.38 bits per heavy atom. The van der Waals surface area contributed by atoms with Gasteiger partial charge in [-0.05, 0) is 27.7 Å². The molecule has 0 aliphatic carbocycles. The molecule has 0 unspecified atom stereocenters. The van der Waals surface area contributed by atoms with E-state index in [2.05, 4.69) is 4.98 Å². The van der Waals surface area contributed by atoms with Crippen molar-refractivity contribution in [2.75, 3.05) is 0 Å². The van der Waals surface area contributed by atoms with E-state index in [-0.39, 0.29) is 17.2 Å². The maximum atomic E-state index is 12.8. The average molecular weight is 333 g/mol. The number of imidazole rings is 2. The van der Waals surface area contributed by atoms with Crippen LogP contribution in [0.3, 0.4) is 0 Å². The zero-order chi connectivity index (χ0) is 17.9.